The summed E-state index contributed by atoms with van der Waals surface area (Å²) in [4.78, 5) is 18.1. The highest BCUT2D eigenvalue weighted by Gasteiger charge is 2.33. The first-order valence-electron chi connectivity index (χ1n) is 7.22. The van der Waals surface area contributed by atoms with Gasteiger partial charge in [0.25, 0.3) is 5.91 Å². The number of carbonyl (C=O) groups is 1. The summed E-state index contributed by atoms with van der Waals surface area (Å²) in [6.45, 7) is 3.18. The molecule has 0 spiro atoms. The molecule has 0 aliphatic heterocycles. The lowest BCUT2D eigenvalue weighted by Crippen LogP contribution is -2.42. The first-order chi connectivity index (χ1) is 9.54. The first-order valence-corrected chi connectivity index (χ1v) is 7.22. The molecule has 1 saturated carbocycles. The maximum atomic E-state index is 12.4. The van der Waals surface area contributed by atoms with Crippen LogP contribution in [0, 0.1) is 0 Å². The van der Waals surface area contributed by atoms with Crippen molar-refractivity contribution >= 4 is 11.6 Å². The first kappa shape index (κ1) is 14.8. The molecule has 1 aliphatic rings. The molecule has 5 nitrogen and oxygen atoms in total. The van der Waals surface area contributed by atoms with Gasteiger partial charge in [-0.25, -0.2) is 0 Å². The molecule has 5 heteroatoms. The summed E-state index contributed by atoms with van der Waals surface area (Å²) in [7, 11) is 1.72. The van der Waals surface area contributed by atoms with E-state index >= 15 is 0 Å². The lowest BCUT2D eigenvalue weighted by molar-refractivity contribution is 0.0155. The predicted octanol–water partition coefficient (Wildman–Crippen LogP) is 1.89. The fourth-order valence-electron chi connectivity index (χ4n) is 2.76. The van der Waals surface area contributed by atoms with Crippen LogP contribution in [0.4, 0.5) is 5.69 Å². The standard InChI is InChI=1S/C15H23N3O2/c1-3-16-12-6-9-17-13(10-12)14(19)18(2)11-15(20)7-4-5-8-15/h6,9-10,20H,3-5,7-8,11H2,1-2H3,(H,16,17). The number of anilines is 1. The predicted molar refractivity (Wildman–Crippen MR) is 78.8 cm³/mol. The molecule has 1 amide bonds. The number of amides is 1. The van der Waals surface area contributed by atoms with Crippen molar-refractivity contribution in [1.82, 2.24) is 9.88 Å². The molecule has 1 fully saturated rings. The summed E-state index contributed by atoms with van der Waals surface area (Å²) in [6, 6.07) is 3.59. The number of hydrogen-bond acceptors (Lipinski definition) is 4. The molecule has 110 valence electrons. The number of pyridine rings is 1. The molecule has 0 atom stereocenters. The van der Waals surface area contributed by atoms with Crippen molar-refractivity contribution < 1.29 is 9.90 Å². The Balaban J connectivity index is 2.04. The highest BCUT2D eigenvalue weighted by atomic mass is 16.3. The Bertz CT molecular complexity index is 470. The van der Waals surface area contributed by atoms with Crippen LogP contribution in [0.3, 0.4) is 0 Å². The quantitative estimate of drug-likeness (QED) is 0.862. The maximum absolute atomic E-state index is 12.4. The minimum atomic E-state index is -0.719. The third kappa shape index (κ3) is 3.48. The van der Waals surface area contributed by atoms with Gasteiger partial charge in [0.15, 0.2) is 0 Å². The number of aliphatic hydroxyl groups is 1. The summed E-state index contributed by atoms with van der Waals surface area (Å²) in [5.41, 5.74) is 0.579. The zero-order chi connectivity index (χ0) is 14.6. The Labute approximate surface area is 120 Å². The average molecular weight is 277 g/mol. The highest BCUT2D eigenvalue weighted by molar-refractivity contribution is 5.93. The monoisotopic (exact) mass is 277 g/mol. The fourth-order valence-corrected chi connectivity index (χ4v) is 2.76. The SMILES string of the molecule is CCNc1ccnc(C(=O)N(C)CC2(O)CCCC2)c1. The van der Waals surface area contributed by atoms with Gasteiger partial charge >= 0.3 is 0 Å². The van der Waals surface area contributed by atoms with Gasteiger partial charge in [0.1, 0.15) is 5.69 Å². The molecule has 1 aliphatic carbocycles. The van der Waals surface area contributed by atoms with Crippen molar-refractivity contribution in [1.29, 1.82) is 0 Å². The number of aromatic nitrogens is 1. The molecule has 2 N–H and O–H groups in total. The third-order valence-corrected chi connectivity index (χ3v) is 3.77. The molecule has 1 heterocycles. The Morgan fingerprint density at radius 1 is 1.50 bits per heavy atom. The Kier molecular flexibility index (Phi) is 4.60. The largest absolute Gasteiger partial charge is 0.388 e. The van der Waals surface area contributed by atoms with Crippen molar-refractivity contribution in [3.05, 3.63) is 24.0 Å². The van der Waals surface area contributed by atoms with Gasteiger partial charge in [-0.05, 0) is 31.9 Å². The summed E-state index contributed by atoms with van der Waals surface area (Å²) in [5.74, 6) is -0.148. The van der Waals surface area contributed by atoms with Crippen molar-refractivity contribution in [3.63, 3.8) is 0 Å². The second-order valence-corrected chi connectivity index (χ2v) is 5.55. The van der Waals surface area contributed by atoms with Crippen LogP contribution in [0.25, 0.3) is 0 Å². The number of nitrogens with one attached hydrogen (secondary N) is 1. The molecule has 0 radical (unpaired) electrons. The Morgan fingerprint density at radius 2 is 2.20 bits per heavy atom. The van der Waals surface area contributed by atoms with Crippen LogP contribution in [0.5, 0.6) is 0 Å². The molecular weight excluding hydrogens is 254 g/mol. The van der Waals surface area contributed by atoms with Crippen molar-refractivity contribution in [2.75, 3.05) is 25.5 Å². The zero-order valence-electron chi connectivity index (χ0n) is 12.2. The van der Waals surface area contributed by atoms with Gasteiger partial charge < -0.3 is 15.3 Å². The molecule has 1 aromatic heterocycles. The van der Waals surface area contributed by atoms with E-state index in [0.717, 1.165) is 37.9 Å². The number of likely N-dealkylation sites (N-methyl/N-ethyl adjacent to an activating group) is 1. The van der Waals surface area contributed by atoms with E-state index in [2.05, 4.69) is 10.3 Å². The lowest BCUT2D eigenvalue weighted by Gasteiger charge is -2.28. The molecule has 0 aromatic carbocycles. The number of nitrogens with zero attached hydrogens (tertiary/aromatic N) is 2. The summed E-state index contributed by atoms with van der Waals surface area (Å²) in [6.07, 6.45) is 5.24. The van der Waals surface area contributed by atoms with E-state index in [1.165, 1.54) is 0 Å². The number of rotatable bonds is 5. The van der Waals surface area contributed by atoms with Crippen LogP contribution in [-0.2, 0) is 0 Å². The van der Waals surface area contributed by atoms with E-state index in [4.69, 9.17) is 0 Å². The Hall–Kier alpha value is -1.62. The van der Waals surface area contributed by atoms with Gasteiger partial charge in [-0.15, -0.1) is 0 Å². The van der Waals surface area contributed by atoms with E-state index in [1.54, 1.807) is 24.2 Å². The van der Waals surface area contributed by atoms with Crippen molar-refractivity contribution in [2.24, 2.45) is 0 Å². The molecule has 0 unspecified atom stereocenters. The van der Waals surface area contributed by atoms with Crippen LogP contribution in [0.1, 0.15) is 43.1 Å². The molecule has 1 aromatic rings. The van der Waals surface area contributed by atoms with Gasteiger partial charge in [-0.1, -0.05) is 12.8 Å². The number of carbonyl (C=O) groups excluding carboxylic acids is 1. The minimum absolute atomic E-state index is 0.148. The maximum Gasteiger partial charge on any atom is 0.272 e. The number of hydrogen-bond donors (Lipinski definition) is 2. The smallest absolute Gasteiger partial charge is 0.272 e. The van der Waals surface area contributed by atoms with Gasteiger partial charge in [-0.3, -0.25) is 9.78 Å². The summed E-state index contributed by atoms with van der Waals surface area (Å²) >= 11 is 0. The normalized spacial score (nSPS) is 16.9. The second-order valence-electron chi connectivity index (χ2n) is 5.55. The van der Waals surface area contributed by atoms with E-state index in [9.17, 15) is 9.90 Å². The van der Waals surface area contributed by atoms with Gasteiger partial charge in [0, 0.05) is 32.0 Å². The zero-order valence-corrected chi connectivity index (χ0v) is 12.2. The topological polar surface area (TPSA) is 65.5 Å². The van der Waals surface area contributed by atoms with Crippen molar-refractivity contribution in [3.8, 4) is 0 Å². The minimum Gasteiger partial charge on any atom is -0.388 e. The van der Waals surface area contributed by atoms with E-state index < -0.39 is 5.60 Å². The van der Waals surface area contributed by atoms with Crippen LogP contribution < -0.4 is 5.32 Å². The summed E-state index contributed by atoms with van der Waals surface area (Å²) in [5, 5.41) is 13.5. The van der Waals surface area contributed by atoms with Crippen LogP contribution >= 0.6 is 0 Å². The van der Waals surface area contributed by atoms with E-state index in [1.807, 2.05) is 13.0 Å². The highest BCUT2D eigenvalue weighted by Crippen LogP contribution is 2.30. The lowest BCUT2D eigenvalue weighted by atomic mass is 10.0. The molecule has 0 saturated heterocycles. The second kappa shape index (κ2) is 6.22. The molecule has 2 rings (SSSR count). The fraction of sp³-hybridized carbons (Fsp3) is 0.600. The molecular formula is C15H23N3O2. The van der Waals surface area contributed by atoms with Crippen LogP contribution in [-0.4, -0.2) is 46.6 Å². The third-order valence-electron chi connectivity index (χ3n) is 3.77. The van der Waals surface area contributed by atoms with Crippen molar-refractivity contribution in [2.45, 2.75) is 38.2 Å². The molecule has 20 heavy (non-hydrogen) atoms. The summed E-state index contributed by atoms with van der Waals surface area (Å²) < 4.78 is 0. The van der Waals surface area contributed by atoms with Gasteiger partial charge in [0.05, 0.1) is 5.60 Å². The van der Waals surface area contributed by atoms with Gasteiger partial charge in [-0.2, -0.15) is 0 Å². The van der Waals surface area contributed by atoms with Crippen LogP contribution in [0.2, 0.25) is 0 Å². The van der Waals surface area contributed by atoms with Crippen LogP contribution in [0.15, 0.2) is 18.3 Å². The molecule has 0 bridgehead atoms. The van der Waals surface area contributed by atoms with E-state index in [-0.39, 0.29) is 5.91 Å². The average Bonchev–Trinajstić information content (AvgIpc) is 2.85. The van der Waals surface area contributed by atoms with Gasteiger partial charge in [0.2, 0.25) is 0 Å². The Morgan fingerprint density at radius 3 is 2.85 bits per heavy atom. The van der Waals surface area contributed by atoms with E-state index in [0.29, 0.717) is 12.2 Å².